The number of fused-ring (bicyclic) bond motifs is 1. The first kappa shape index (κ1) is 15.6. The summed E-state index contributed by atoms with van der Waals surface area (Å²) in [7, 11) is 1.56. The van der Waals surface area contributed by atoms with Crippen LogP contribution in [0.25, 0.3) is 26.8 Å². The lowest BCUT2D eigenvalue weighted by molar-refractivity contribution is -0.146. The molecule has 1 N–H and O–H groups in total. The largest absolute Gasteiger partial charge is 0.497 e. The van der Waals surface area contributed by atoms with Crippen LogP contribution in [0.15, 0.2) is 30.5 Å². The molecule has 0 spiro atoms. The molecule has 25 heavy (non-hydrogen) atoms. The molecule has 7 nitrogen and oxygen atoms in total. The summed E-state index contributed by atoms with van der Waals surface area (Å²) in [5.41, 5.74) is 2.02. The fraction of sp³-hybridized carbons (Fsp3) is 0.143. The van der Waals surface area contributed by atoms with Gasteiger partial charge in [0.2, 0.25) is 4.96 Å². The van der Waals surface area contributed by atoms with Gasteiger partial charge in [0.1, 0.15) is 5.75 Å². The van der Waals surface area contributed by atoms with Crippen LogP contribution >= 0.6 is 11.3 Å². The van der Waals surface area contributed by atoms with Gasteiger partial charge in [-0.15, -0.1) is 10.2 Å². The van der Waals surface area contributed by atoms with Crippen LogP contribution in [0.2, 0.25) is 0 Å². The van der Waals surface area contributed by atoms with E-state index in [9.17, 15) is 13.2 Å². The van der Waals surface area contributed by atoms with Crippen molar-refractivity contribution in [2.24, 2.45) is 0 Å². The van der Waals surface area contributed by atoms with Crippen molar-refractivity contribution in [3.05, 3.63) is 36.3 Å². The lowest BCUT2D eigenvalue weighted by Gasteiger charge is -2.03. The third-order valence-electron chi connectivity index (χ3n) is 3.49. The summed E-state index contributed by atoms with van der Waals surface area (Å²) in [5.74, 6) is -0.460. The predicted molar refractivity (Wildman–Crippen MR) is 83.2 cm³/mol. The summed E-state index contributed by atoms with van der Waals surface area (Å²) in [6, 6.07) is 7.19. The molecular formula is C14H9F3N6OS. The first-order chi connectivity index (χ1) is 12.0. The molecule has 0 radical (unpaired) electrons. The number of aromatic nitrogens is 6. The lowest BCUT2D eigenvalue weighted by Crippen LogP contribution is -2.11. The molecule has 0 unspecified atom stereocenters. The van der Waals surface area contributed by atoms with Crippen molar-refractivity contribution >= 4 is 16.3 Å². The average molecular weight is 366 g/mol. The Kier molecular flexibility index (Phi) is 3.46. The maximum atomic E-state index is 12.9. The van der Waals surface area contributed by atoms with Crippen molar-refractivity contribution in [3.8, 4) is 27.6 Å². The summed E-state index contributed by atoms with van der Waals surface area (Å²) in [6.07, 6.45) is -3.11. The average Bonchev–Trinajstić information content (AvgIpc) is 3.28. The van der Waals surface area contributed by atoms with Gasteiger partial charge in [-0.2, -0.15) is 27.9 Å². The van der Waals surface area contributed by atoms with Crippen molar-refractivity contribution in [3.63, 3.8) is 0 Å². The van der Waals surface area contributed by atoms with Crippen molar-refractivity contribution in [1.82, 2.24) is 30.0 Å². The predicted octanol–water partition coefficient (Wildman–Crippen LogP) is 3.27. The van der Waals surface area contributed by atoms with Gasteiger partial charge in [0.15, 0.2) is 5.01 Å². The molecule has 128 valence electrons. The summed E-state index contributed by atoms with van der Waals surface area (Å²) in [5, 5.41) is 17.9. The number of halogens is 3. The molecule has 4 aromatic rings. The summed E-state index contributed by atoms with van der Waals surface area (Å²) in [4.78, 5) is 0.0594. The first-order valence-corrected chi connectivity index (χ1v) is 7.76. The van der Waals surface area contributed by atoms with E-state index < -0.39 is 12.0 Å². The molecule has 0 saturated heterocycles. The van der Waals surface area contributed by atoms with Gasteiger partial charge in [0.05, 0.1) is 24.6 Å². The standard InChI is InChI=1S/C14H9F3N6OS/c1-24-8-4-2-7(3-5-8)10-9(6-18-19-10)11-22-23-12(14(15,16)17)20-21-13(23)25-11/h2-6H,1H3,(H,18,19). The number of aromatic amines is 1. The quantitative estimate of drug-likeness (QED) is 0.602. The molecule has 3 aromatic heterocycles. The normalized spacial score (nSPS) is 12.0. The number of hydrogen-bond donors (Lipinski definition) is 1. The summed E-state index contributed by atoms with van der Waals surface area (Å²) < 4.78 is 44.6. The molecule has 0 saturated carbocycles. The first-order valence-electron chi connectivity index (χ1n) is 6.95. The second-order valence-corrected chi connectivity index (χ2v) is 5.97. The van der Waals surface area contributed by atoms with Crippen molar-refractivity contribution < 1.29 is 17.9 Å². The Morgan fingerprint density at radius 3 is 2.60 bits per heavy atom. The number of H-pyrrole nitrogens is 1. The zero-order valence-electron chi connectivity index (χ0n) is 12.6. The molecule has 1 aromatic carbocycles. The molecule has 0 aliphatic carbocycles. The fourth-order valence-electron chi connectivity index (χ4n) is 2.33. The van der Waals surface area contributed by atoms with E-state index in [1.54, 1.807) is 19.2 Å². The smallest absolute Gasteiger partial charge is 0.453 e. The van der Waals surface area contributed by atoms with Crippen molar-refractivity contribution in [2.75, 3.05) is 7.11 Å². The zero-order valence-corrected chi connectivity index (χ0v) is 13.4. The van der Waals surface area contributed by atoms with Crippen LogP contribution in [-0.4, -0.2) is 37.1 Å². The number of alkyl halides is 3. The minimum atomic E-state index is -4.63. The number of methoxy groups -OCH3 is 1. The fourth-order valence-corrected chi connectivity index (χ4v) is 3.18. The van der Waals surface area contributed by atoms with Crippen LogP contribution in [0.1, 0.15) is 5.82 Å². The monoisotopic (exact) mass is 366 g/mol. The molecule has 0 atom stereocenters. The minimum absolute atomic E-state index is 0.0594. The molecule has 0 aliphatic rings. The maximum absolute atomic E-state index is 12.9. The van der Waals surface area contributed by atoms with E-state index in [0.29, 0.717) is 26.5 Å². The van der Waals surface area contributed by atoms with Gasteiger partial charge in [0.25, 0.3) is 5.82 Å². The van der Waals surface area contributed by atoms with Crippen LogP contribution in [0, 0.1) is 0 Å². The van der Waals surface area contributed by atoms with Gasteiger partial charge >= 0.3 is 6.18 Å². The Morgan fingerprint density at radius 2 is 1.92 bits per heavy atom. The molecular weight excluding hydrogens is 357 g/mol. The molecule has 0 bridgehead atoms. The maximum Gasteiger partial charge on any atom is 0.453 e. The number of benzene rings is 1. The molecule has 4 rings (SSSR count). The Balaban J connectivity index is 1.79. The summed E-state index contributed by atoms with van der Waals surface area (Å²) in [6.45, 7) is 0. The van der Waals surface area contributed by atoms with Crippen LogP contribution in [0.5, 0.6) is 5.75 Å². The second kappa shape index (κ2) is 5.55. The van der Waals surface area contributed by atoms with E-state index in [1.165, 1.54) is 6.20 Å². The minimum Gasteiger partial charge on any atom is -0.497 e. The van der Waals surface area contributed by atoms with Crippen LogP contribution < -0.4 is 4.74 Å². The molecule has 0 amide bonds. The highest BCUT2D eigenvalue weighted by Gasteiger charge is 2.38. The van der Waals surface area contributed by atoms with E-state index in [2.05, 4.69) is 25.5 Å². The van der Waals surface area contributed by atoms with Crippen LogP contribution in [-0.2, 0) is 6.18 Å². The van der Waals surface area contributed by atoms with E-state index in [1.807, 2.05) is 12.1 Å². The lowest BCUT2D eigenvalue weighted by atomic mass is 10.1. The van der Waals surface area contributed by atoms with Gasteiger partial charge in [-0.3, -0.25) is 5.10 Å². The van der Waals surface area contributed by atoms with Gasteiger partial charge in [0, 0.05) is 5.56 Å². The van der Waals surface area contributed by atoms with Crippen molar-refractivity contribution in [1.29, 1.82) is 0 Å². The van der Waals surface area contributed by atoms with Crippen molar-refractivity contribution in [2.45, 2.75) is 6.18 Å². The topological polar surface area (TPSA) is 81.0 Å². The highest BCUT2D eigenvalue weighted by molar-refractivity contribution is 7.19. The number of nitrogens with one attached hydrogen (secondary N) is 1. The second-order valence-electron chi connectivity index (χ2n) is 5.01. The Hall–Kier alpha value is -2.95. The Bertz CT molecular complexity index is 1030. The number of ether oxygens (including phenoxy) is 1. The van der Waals surface area contributed by atoms with Gasteiger partial charge in [-0.05, 0) is 24.3 Å². The number of hydrogen-bond acceptors (Lipinski definition) is 6. The number of rotatable bonds is 3. The highest BCUT2D eigenvalue weighted by Crippen LogP contribution is 2.35. The van der Waals surface area contributed by atoms with E-state index in [-0.39, 0.29) is 4.96 Å². The third-order valence-corrected chi connectivity index (χ3v) is 4.42. The Labute approximate surface area is 142 Å². The van der Waals surface area contributed by atoms with E-state index in [4.69, 9.17) is 4.74 Å². The zero-order chi connectivity index (χ0) is 17.6. The summed E-state index contributed by atoms with van der Waals surface area (Å²) >= 11 is 1.00. The molecule has 0 fully saturated rings. The Morgan fingerprint density at radius 1 is 1.16 bits per heavy atom. The molecule has 3 heterocycles. The van der Waals surface area contributed by atoms with Crippen LogP contribution in [0.3, 0.4) is 0 Å². The van der Waals surface area contributed by atoms with E-state index >= 15 is 0 Å². The molecule has 11 heteroatoms. The van der Waals surface area contributed by atoms with Gasteiger partial charge in [-0.1, -0.05) is 11.3 Å². The van der Waals surface area contributed by atoms with Gasteiger partial charge < -0.3 is 4.74 Å². The molecule has 0 aliphatic heterocycles. The highest BCUT2D eigenvalue weighted by atomic mass is 32.1. The van der Waals surface area contributed by atoms with Gasteiger partial charge in [-0.25, -0.2) is 0 Å². The third kappa shape index (κ3) is 2.61. The number of nitrogens with zero attached hydrogens (tertiary/aromatic N) is 5. The SMILES string of the molecule is COc1ccc(-c2[nH]ncc2-c2nn3c(C(F)(F)F)nnc3s2)cc1. The van der Waals surface area contributed by atoms with Crippen LogP contribution in [0.4, 0.5) is 13.2 Å². The van der Waals surface area contributed by atoms with E-state index in [0.717, 1.165) is 16.9 Å².